The van der Waals surface area contributed by atoms with Crippen LogP contribution in [-0.4, -0.2) is 4.89 Å². The van der Waals surface area contributed by atoms with E-state index in [4.69, 9.17) is 9.78 Å². The van der Waals surface area contributed by atoms with Gasteiger partial charge in [0.2, 0.25) is 0 Å². The van der Waals surface area contributed by atoms with Gasteiger partial charge in [-0.15, -0.1) is 0 Å². The highest BCUT2D eigenvalue weighted by Gasteiger charge is 2.26. The van der Waals surface area contributed by atoms with Crippen molar-refractivity contribution in [2.24, 2.45) is 0 Å². The molecule has 0 aromatic heterocycles. The molecule has 0 fully saturated rings. The van der Waals surface area contributed by atoms with Gasteiger partial charge in [-0.1, -0.05) is 44.7 Å². The molecule has 0 saturated heterocycles. The largest absolute Gasteiger partial charge is 0.544 e. The molecule has 0 radical (unpaired) electrons. The number of aryl methyl sites for hydroxylation is 2. The van der Waals surface area contributed by atoms with E-state index in [9.17, 15) is 9.46 Å². The molecule has 2 aromatic carbocycles. The first-order valence-electron chi connectivity index (χ1n) is 6.13. The molecule has 2 rings (SSSR count). The van der Waals surface area contributed by atoms with Gasteiger partial charge >= 0.3 is 7.82 Å². The Kier molecular flexibility index (Phi) is 4.98. The first-order chi connectivity index (χ1) is 9.94. The van der Waals surface area contributed by atoms with Gasteiger partial charge in [-0.25, -0.2) is 4.57 Å². The van der Waals surface area contributed by atoms with Crippen LogP contribution in [0.15, 0.2) is 48.5 Å². The molecular formula is C14H15O6P. The van der Waals surface area contributed by atoms with Crippen molar-refractivity contribution < 1.29 is 28.6 Å². The molecule has 0 amide bonds. The van der Waals surface area contributed by atoms with E-state index in [0.717, 1.165) is 11.1 Å². The lowest BCUT2D eigenvalue weighted by Gasteiger charge is -2.10. The fourth-order valence-electron chi connectivity index (χ4n) is 1.38. The number of rotatable bonds is 6. The summed E-state index contributed by atoms with van der Waals surface area (Å²) in [6.07, 6.45) is 0. The predicted molar refractivity (Wildman–Crippen MR) is 75.6 cm³/mol. The van der Waals surface area contributed by atoms with Crippen LogP contribution >= 0.6 is 7.82 Å². The van der Waals surface area contributed by atoms with Crippen molar-refractivity contribution in [3.05, 3.63) is 59.7 Å². The van der Waals surface area contributed by atoms with Crippen molar-refractivity contribution in [1.82, 2.24) is 0 Å². The zero-order valence-corrected chi connectivity index (χ0v) is 12.4. The smallest absolute Gasteiger partial charge is 0.327 e. The summed E-state index contributed by atoms with van der Waals surface area (Å²) < 4.78 is 20.3. The van der Waals surface area contributed by atoms with Crippen LogP contribution in [0.2, 0.25) is 0 Å². The zero-order valence-electron chi connectivity index (χ0n) is 11.6. The Labute approximate surface area is 122 Å². The topological polar surface area (TPSA) is 74.2 Å². The molecule has 0 bridgehead atoms. The minimum absolute atomic E-state index is 0.272. The van der Waals surface area contributed by atoms with Crippen molar-refractivity contribution in [3.63, 3.8) is 0 Å². The predicted octanol–water partition coefficient (Wildman–Crippen LogP) is 3.72. The lowest BCUT2D eigenvalue weighted by atomic mass is 10.2. The second kappa shape index (κ2) is 6.74. The van der Waals surface area contributed by atoms with E-state index in [2.05, 4.69) is 9.35 Å². The van der Waals surface area contributed by atoms with Crippen LogP contribution in [0.5, 0.6) is 11.5 Å². The third-order valence-electron chi connectivity index (χ3n) is 2.50. The van der Waals surface area contributed by atoms with Crippen molar-refractivity contribution in [2.75, 3.05) is 0 Å². The van der Waals surface area contributed by atoms with Crippen LogP contribution in [0, 0.1) is 13.8 Å². The summed E-state index contributed by atoms with van der Waals surface area (Å²) in [7, 11) is -4.49. The van der Waals surface area contributed by atoms with Crippen molar-refractivity contribution in [1.29, 1.82) is 0 Å². The molecule has 0 aliphatic carbocycles. The second-order valence-corrected chi connectivity index (χ2v) is 5.65. The molecule has 0 heterocycles. The van der Waals surface area contributed by atoms with E-state index < -0.39 is 7.82 Å². The summed E-state index contributed by atoms with van der Waals surface area (Å²) in [5.41, 5.74) is 2.04. The third kappa shape index (κ3) is 5.21. The van der Waals surface area contributed by atoms with Gasteiger partial charge in [0, 0.05) is 0 Å². The summed E-state index contributed by atoms with van der Waals surface area (Å²) in [4.78, 5) is 18.8. The number of phosphoric acid groups is 1. The van der Waals surface area contributed by atoms with Gasteiger partial charge in [-0.05, 0) is 38.1 Å². The molecular weight excluding hydrogens is 295 g/mol. The fourth-order valence-corrected chi connectivity index (χ4v) is 1.77. The van der Waals surface area contributed by atoms with Gasteiger partial charge < -0.3 is 9.78 Å². The molecule has 7 heteroatoms. The highest BCUT2D eigenvalue weighted by Crippen LogP contribution is 2.43. The molecule has 0 aliphatic heterocycles. The Morgan fingerprint density at radius 3 is 1.43 bits per heavy atom. The lowest BCUT2D eigenvalue weighted by Crippen LogP contribution is -2.02. The second-order valence-electron chi connectivity index (χ2n) is 4.41. The Balaban J connectivity index is 1.85. The average molecular weight is 310 g/mol. The van der Waals surface area contributed by atoms with Gasteiger partial charge in [0.05, 0.1) is 0 Å². The van der Waals surface area contributed by atoms with Crippen LogP contribution in [0.1, 0.15) is 11.1 Å². The molecule has 1 N–H and O–H groups in total. The SMILES string of the molecule is Cc1ccc(OOP(=O)(O)OOc2ccc(C)cc2)cc1. The van der Waals surface area contributed by atoms with Crippen molar-refractivity contribution >= 4 is 7.82 Å². The van der Waals surface area contributed by atoms with Gasteiger partial charge in [-0.2, -0.15) is 0 Å². The van der Waals surface area contributed by atoms with E-state index in [1.165, 1.54) is 0 Å². The lowest BCUT2D eigenvalue weighted by molar-refractivity contribution is -0.188. The van der Waals surface area contributed by atoms with Gasteiger partial charge in [0.15, 0.2) is 11.5 Å². The normalized spacial score (nSPS) is 11.2. The van der Waals surface area contributed by atoms with E-state index >= 15 is 0 Å². The van der Waals surface area contributed by atoms with Crippen LogP contribution in [0.25, 0.3) is 0 Å². The molecule has 0 atom stereocenters. The Morgan fingerprint density at radius 1 is 0.762 bits per heavy atom. The number of hydrogen-bond donors (Lipinski definition) is 1. The summed E-state index contributed by atoms with van der Waals surface area (Å²) in [6.45, 7) is 3.81. The summed E-state index contributed by atoms with van der Waals surface area (Å²) in [5, 5.41) is 0. The number of hydrogen-bond acceptors (Lipinski definition) is 5. The Morgan fingerprint density at radius 2 is 1.10 bits per heavy atom. The van der Waals surface area contributed by atoms with Gasteiger partial charge in [0.25, 0.3) is 0 Å². The van der Waals surface area contributed by atoms with Crippen molar-refractivity contribution in [3.8, 4) is 11.5 Å². The molecule has 0 aliphatic rings. The van der Waals surface area contributed by atoms with Crippen LogP contribution < -0.4 is 9.78 Å². The molecule has 6 nitrogen and oxygen atoms in total. The zero-order chi connectivity index (χ0) is 15.3. The standard InChI is InChI=1S/C14H15O6P/c1-11-3-7-13(8-4-11)17-19-21(15,16)20-18-14-9-5-12(2)6-10-14/h3-10H,1-2H3,(H,15,16). The van der Waals surface area contributed by atoms with Crippen LogP contribution in [0.4, 0.5) is 0 Å². The first-order valence-corrected chi connectivity index (χ1v) is 7.63. The van der Waals surface area contributed by atoms with E-state index in [1.807, 2.05) is 13.8 Å². The monoisotopic (exact) mass is 310 g/mol. The third-order valence-corrected chi connectivity index (χ3v) is 3.02. The van der Waals surface area contributed by atoms with Crippen LogP contribution in [0.3, 0.4) is 0 Å². The Hall–Kier alpha value is -1.85. The van der Waals surface area contributed by atoms with Gasteiger partial charge in [-0.3, -0.25) is 4.89 Å². The van der Waals surface area contributed by atoms with E-state index in [0.29, 0.717) is 0 Å². The maximum absolute atomic E-state index is 11.6. The fraction of sp³-hybridized carbons (Fsp3) is 0.143. The molecule has 21 heavy (non-hydrogen) atoms. The van der Waals surface area contributed by atoms with Crippen molar-refractivity contribution in [2.45, 2.75) is 13.8 Å². The van der Waals surface area contributed by atoms with Crippen LogP contribution in [-0.2, 0) is 13.9 Å². The average Bonchev–Trinajstić information content (AvgIpc) is 2.46. The van der Waals surface area contributed by atoms with E-state index in [1.54, 1.807) is 48.5 Å². The summed E-state index contributed by atoms with van der Waals surface area (Å²) in [5.74, 6) is 0.544. The summed E-state index contributed by atoms with van der Waals surface area (Å²) in [6, 6.07) is 13.4. The minimum Gasteiger partial charge on any atom is -0.327 e. The molecule has 112 valence electrons. The quantitative estimate of drug-likeness (QED) is 0.498. The highest BCUT2D eigenvalue weighted by molar-refractivity contribution is 7.47. The van der Waals surface area contributed by atoms with Gasteiger partial charge in [0.1, 0.15) is 0 Å². The minimum atomic E-state index is -4.49. The highest BCUT2D eigenvalue weighted by atomic mass is 31.2. The first kappa shape index (κ1) is 15.5. The number of benzene rings is 2. The maximum atomic E-state index is 11.6. The molecule has 0 spiro atoms. The maximum Gasteiger partial charge on any atom is 0.544 e. The molecule has 0 saturated carbocycles. The van der Waals surface area contributed by atoms with E-state index in [-0.39, 0.29) is 11.5 Å². The molecule has 0 unspecified atom stereocenters. The molecule has 2 aromatic rings. The summed E-state index contributed by atoms with van der Waals surface area (Å²) >= 11 is 0. The Bertz CT molecular complexity index is 569.